The van der Waals surface area contributed by atoms with E-state index in [0.29, 0.717) is 11.1 Å². The monoisotopic (exact) mass is 516 g/mol. The third kappa shape index (κ3) is 5.71. The van der Waals surface area contributed by atoms with Gasteiger partial charge in [0.1, 0.15) is 0 Å². The quantitative estimate of drug-likeness (QED) is 0.317. The van der Waals surface area contributed by atoms with Gasteiger partial charge >= 0.3 is 0 Å². The van der Waals surface area contributed by atoms with Crippen molar-refractivity contribution in [3.8, 4) is 0 Å². The summed E-state index contributed by atoms with van der Waals surface area (Å²) in [4.78, 5) is 56.8. The molecule has 2 saturated heterocycles. The average Bonchev–Trinajstić information content (AvgIpc) is 2.96. The van der Waals surface area contributed by atoms with E-state index < -0.39 is 22.6 Å². The lowest BCUT2D eigenvalue weighted by atomic mass is 9.88. The van der Waals surface area contributed by atoms with E-state index in [1.807, 2.05) is 27.7 Å². The summed E-state index contributed by atoms with van der Waals surface area (Å²) in [6.07, 6.45) is 6.77. The van der Waals surface area contributed by atoms with Crippen molar-refractivity contribution in [2.75, 3.05) is 26.2 Å². The molecule has 202 valence electrons. The first kappa shape index (κ1) is 28.1. The first-order valence-corrected chi connectivity index (χ1v) is 13.9. The average molecular weight is 517 g/mol. The van der Waals surface area contributed by atoms with Gasteiger partial charge in [-0.25, -0.2) is 0 Å². The van der Waals surface area contributed by atoms with Gasteiger partial charge in [0.05, 0.1) is 11.1 Å². The zero-order valence-electron chi connectivity index (χ0n) is 23.2. The molecule has 0 aliphatic carbocycles. The van der Waals surface area contributed by atoms with Crippen molar-refractivity contribution >= 4 is 23.1 Å². The number of carbonyl (C=O) groups excluding carboxylic acids is 4. The zero-order chi connectivity index (χ0) is 27.5. The largest absolute Gasteiger partial charge is 0.292 e. The highest BCUT2D eigenvalue weighted by atomic mass is 16.2. The van der Waals surface area contributed by atoms with Gasteiger partial charge in [-0.1, -0.05) is 61.4 Å². The summed E-state index contributed by atoms with van der Waals surface area (Å²) in [6.45, 7) is 11.4. The Balaban J connectivity index is 1.43. The number of nitrogens with zero attached hydrogens (tertiary/aromatic N) is 2. The van der Waals surface area contributed by atoms with Gasteiger partial charge in [0.2, 0.25) is 11.6 Å². The first-order chi connectivity index (χ1) is 18.0. The van der Waals surface area contributed by atoms with Gasteiger partial charge < -0.3 is 0 Å². The highest BCUT2D eigenvalue weighted by molar-refractivity contribution is 6.49. The minimum Gasteiger partial charge on any atom is -0.292 e. The van der Waals surface area contributed by atoms with Crippen LogP contribution in [-0.4, -0.2) is 70.2 Å². The molecule has 2 heterocycles. The number of piperidine rings is 2. The van der Waals surface area contributed by atoms with E-state index in [2.05, 4.69) is 9.80 Å². The van der Waals surface area contributed by atoms with Crippen LogP contribution in [0.5, 0.6) is 0 Å². The van der Waals surface area contributed by atoms with Crippen molar-refractivity contribution in [1.29, 1.82) is 0 Å². The van der Waals surface area contributed by atoms with Gasteiger partial charge in [-0.3, -0.25) is 29.0 Å². The summed E-state index contributed by atoms with van der Waals surface area (Å²) in [5, 5.41) is 0. The van der Waals surface area contributed by atoms with Crippen LogP contribution in [0.3, 0.4) is 0 Å². The topological polar surface area (TPSA) is 74.8 Å². The Labute approximate surface area is 226 Å². The third-order valence-corrected chi connectivity index (χ3v) is 8.43. The van der Waals surface area contributed by atoms with Crippen LogP contribution in [0, 0.1) is 0 Å². The SMILES string of the molecule is CC(C)(C(=O)c1ccc(C(=O)C(=O)c2ccc(C(=O)C(C)(C)N3CCCCC3)cc2)cc1)N1CCCCC1. The van der Waals surface area contributed by atoms with E-state index in [0.717, 1.165) is 51.9 Å². The number of likely N-dealkylation sites (tertiary alicyclic amines) is 2. The van der Waals surface area contributed by atoms with E-state index >= 15 is 0 Å². The van der Waals surface area contributed by atoms with E-state index in [1.165, 1.54) is 12.8 Å². The fraction of sp³-hybridized carbons (Fsp3) is 0.500. The second-order valence-electron chi connectivity index (χ2n) is 11.7. The predicted octanol–water partition coefficient (Wildman–Crippen LogP) is 5.65. The molecule has 0 spiro atoms. The molecule has 6 nitrogen and oxygen atoms in total. The molecular weight excluding hydrogens is 476 g/mol. The van der Waals surface area contributed by atoms with Crippen molar-refractivity contribution in [2.45, 2.75) is 77.3 Å². The molecule has 2 fully saturated rings. The van der Waals surface area contributed by atoms with Crippen LogP contribution >= 0.6 is 0 Å². The Bertz CT molecular complexity index is 1090. The van der Waals surface area contributed by atoms with Gasteiger partial charge in [-0.05, 0) is 79.6 Å². The van der Waals surface area contributed by atoms with Crippen LogP contribution in [0.1, 0.15) is 108 Å². The van der Waals surface area contributed by atoms with Gasteiger partial charge in [0.25, 0.3) is 0 Å². The van der Waals surface area contributed by atoms with Crippen molar-refractivity contribution < 1.29 is 19.2 Å². The van der Waals surface area contributed by atoms with Crippen LogP contribution in [-0.2, 0) is 0 Å². The van der Waals surface area contributed by atoms with Crippen LogP contribution in [0.25, 0.3) is 0 Å². The number of benzene rings is 2. The van der Waals surface area contributed by atoms with Crippen molar-refractivity contribution in [3.63, 3.8) is 0 Å². The number of carbonyl (C=O) groups is 4. The Morgan fingerprint density at radius 1 is 0.474 bits per heavy atom. The standard InChI is InChI=1S/C32H40N2O4/c1-31(2,33-19-7-5-8-20-33)29(37)25-15-11-23(12-16-25)27(35)28(36)24-13-17-26(18-14-24)30(38)32(3,4)34-21-9-6-10-22-34/h11-18H,5-10,19-22H2,1-4H3. The number of rotatable bonds is 9. The maximum atomic E-state index is 13.2. The molecule has 0 aromatic heterocycles. The molecule has 4 rings (SSSR count). The summed E-state index contributed by atoms with van der Waals surface area (Å²) >= 11 is 0. The normalized spacial score (nSPS) is 17.7. The summed E-state index contributed by atoms with van der Waals surface area (Å²) in [5.41, 5.74) is 0.308. The van der Waals surface area contributed by atoms with E-state index in [4.69, 9.17) is 0 Å². The maximum absolute atomic E-state index is 13.2. The second kappa shape index (κ2) is 11.4. The summed E-state index contributed by atoms with van der Waals surface area (Å²) in [6, 6.07) is 12.8. The highest BCUT2D eigenvalue weighted by Crippen LogP contribution is 2.26. The molecule has 0 bridgehead atoms. The molecule has 0 amide bonds. The van der Waals surface area contributed by atoms with Crippen molar-refractivity contribution in [2.24, 2.45) is 0 Å². The fourth-order valence-corrected chi connectivity index (χ4v) is 5.71. The first-order valence-electron chi connectivity index (χ1n) is 13.9. The van der Waals surface area contributed by atoms with Gasteiger partial charge in [-0.2, -0.15) is 0 Å². The molecule has 6 heteroatoms. The van der Waals surface area contributed by atoms with E-state index in [9.17, 15) is 19.2 Å². The van der Waals surface area contributed by atoms with Crippen LogP contribution in [0.15, 0.2) is 48.5 Å². The summed E-state index contributed by atoms with van der Waals surface area (Å²) < 4.78 is 0. The van der Waals surface area contributed by atoms with Gasteiger partial charge in [0.15, 0.2) is 11.6 Å². The molecule has 2 aromatic rings. The molecule has 0 saturated carbocycles. The molecular formula is C32H40N2O4. The smallest absolute Gasteiger partial charge is 0.233 e. The second-order valence-corrected chi connectivity index (χ2v) is 11.7. The maximum Gasteiger partial charge on any atom is 0.233 e. The molecule has 0 N–H and O–H groups in total. The lowest BCUT2D eigenvalue weighted by molar-refractivity contribution is 0.0576. The zero-order valence-corrected chi connectivity index (χ0v) is 23.2. The number of ketones is 4. The van der Waals surface area contributed by atoms with Gasteiger partial charge in [-0.15, -0.1) is 0 Å². The molecule has 0 atom stereocenters. The predicted molar refractivity (Wildman–Crippen MR) is 149 cm³/mol. The minimum absolute atomic E-state index is 0.0115. The van der Waals surface area contributed by atoms with E-state index in [1.54, 1.807) is 48.5 Å². The van der Waals surface area contributed by atoms with Crippen molar-refractivity contribution in [1.82, 2.24) is 9.80 Å². The number of hydrogen-bond acceptors (Lipinski definition) is 6. The van der Waals surface area contributed by atoms with Crippen LogP contribution in [0.2, 0.25) is 0 Å². The fourth-order valence-electron chi connectivity index (χ4n) is 5.71. The van der Waals surface area contributed by atoms with E-state index in [-0.39, 0.29) is 22.7 Å². The molecule has 2 aliphatic rings. The number of Topliss-reactive ketones (excluding diaryl/α,β-unsaturated/α-hetero) is 4. The summed E-state index contributed by atoms with van der Waals surface area (Å²) in [5.74, 6) is -1.24. The Morgan fingerprint density at radius 2 is 0.737 bits per heavy atom. The molecule has 2 aliphatic heterocycles. The summed E-state index contributed by atoms with van der Waals surface area (Å²) in [7, 11) is 0. The van der Waals surface area contributed by atoms with Crippen LogP contribution in [0.4, 0.5) is 0 Å². The van der Waals surface area contributed by atoms with Crippen molar-refractivity contribution in [3.05, 3.63) is 70.8 Å². The highest BCUT2D eigenvalue weighted by Gasteiger charge is 2.37. The molecule has 2 aromatic carbocycles. The lowest BCUT2D eigenvalue weighted by Crippen LogP contribution is -2.52. The molecule has 38 heavy (non-hydrogen) atoms. The Morgan fingerprint density at radius 3 is 1.03 bits per heavy atom. The molecule has 0 unspecified atom stereocenters. The Kier molecular flexibility index (Phi) is 8.43. The lowest BCUT2D eigenvalue weighted by Gasteiger charge is -2.39. The minimum atomic E-state index is -0.632. The number of hydrogen-bond donors (Lipinski definition) is 0. The molecule has 0 radical (unpaired) electrons. The third-order valence-electron chi connectivity index (χ3n) is 8.43. The Hall–Kier alpha value is -2.96. The van der Waals surface area contributed by atoms with Crippen LogP contribution < -0.4 is 0 Å². The van der Waals surface area contributed by atoms with Gasteiger partial charge in [0, 0.05) is 22.3 Å².